The third kappa shape index (κ3) is 6.22. The van der Waals surface area contributed by atoms with Gasteiger partial charge < -0.3 is 10.6 Å². The lowest BCUT2D eigenvalue weighted by molar-refractivity contribution is 0.726. The fourth-order valence-corrected chi connectivity index (χ4v) is 3.72. The van der Waals surface area contributed by atoms with Gasteiger partial charge >= 0.3 is 0 Å². The Labute approximate surface area is 150 Å². The summed E-state index contributed by atoms with van der Waals surface area (Å²) in [5, 5.41) is 7.49. The lowest BCUT2D eigenvalue weighted by Gasteiger charge is -2.14. The fourth-order valence-electron chi connectivity index (χ4n) is 2.07. The molecule has 0 aromatic heterocycles. The van der Waals surface area contributed by atoms with Crippen molar-refractivity contribution in [2.24, 2.45) is 4.99 Å². The first-order valence-electron chi connectivity index (χ1n) is 6.58. The number of benzene rings is 1. The van der Waals surface area contributed by atoms with Crippen LogP contribution in [-0.2, 0) is 6.54 Å². The Balaban J connectivity index is 0.00000200. The van der Waals surface area contributed by atoms with Gasteiger partial charge in [0.25, 0.3) is 0 Å². The minimum absolute atomic E-state index is 0. The molecule has 1 saturated heterocycles. The van der Waals surface area contributed by atoms with Crippen molar-refractivity contribution in [1.82, 2.24) is 10.6 Å². The summed E-state index contributed by atoms with van der Waals surface area (Å²) in [5.41, 5.74) is 1.24. The van der Waals surface area contributed by atoms with Gasteiger partial charge in [0.2, 0.25) is 0 Å². The monoisotopic (exact) mass is 469 g/mol. The van der Waals surface area contributed by atoms with Crippen LogP contribution in [0.4, 0.5) is 0 Å². The van der Waals surface area contributed by atoms with E-state index in [0.717, 1.165) is 28.8 Å². The summed E-state index contributed by atoms with van der Waals surface area (Å²) < 4.78 is 1.11. The Morgan fingerprint density at radius 2 is 2.30 bits per heavy atom. The molecule has 1 unspecified atom stereocenters. The van der Waals surface area contributed by atoms with Crippen molar-refractivity contribution in [3.63, 3.8) is 0 Å². The highest BCUT2D eigenvalue weighted by Gasteiger charge is 2.15. The smallest absolute Gasteiger partial charge is 0.191 e. The van der Waals surface area contributed by atoms with E-state index >= 15 is 0 Å². The summed E-state index contributed by atoms with van der Waals surface area (Å²) in [5.74, 6) is 2.18. The standard InChI is InChI=1S/C14H20BrN3S.HI/c1-16-14(18-10-13-6-3-7-19-13)17-9-11-4-2-5-12(15)8-11;/h2,4-5,8,13H,3,6-7,9-10H2,1H3,(H2,16,17,18);1H. The molecule has 6 heteroatoms. The van der Waals surface area contributed by atoms with E-state index in [-0.39, 0.29) is 24.0 Å². The molecular weight excluding hydrogens is 449 g/mol. The second-order valence-electron chi connectivity index (χ2n) is 4.57. The molecule has 3 nitrogen and oxygen atoms in total. The van der Waals surface area contributed by atoms with Gasteiger partial charge in [-0.1, -0.05) is 28.1 Å². The van der Waals surface area contributed by atoms with Crippen LogP contribution in [0.3, 0.4) is 0 Å². The van der Waals surface area contributed by atoms with Crippen LogP contribution in [0.1, 0.15) is 18.4 Å². The zero-order valence-electron chi connectivity index (χ0n) is 11.6. The molecular formula is C14H21BrIN3S. The zero-order chi connectivity index (χ0) is 13.5. The molecule has 1 aliphatic heterocycles. The molecule has 20 heavy (non-hydrogen) atoms. The number of guanidine groups is 1. The van der Waals surface area contributed by atoms with Gasteiger partial charge in [-0.05, 0) is 36.3 Å². The van der Waals surface area contributed by atoms with Gasteiger partial charge in [0.05, 0.1) is 0 Å². The molecule has 2 N–H and O–H groups in total. The van der Waals surface area contributed by atoms with E-state index in [4.69, 9.17) is 0 Å². The molecule has 112 valence electrons. The molecule has 1 aromatic rings. The molecule has 1 fully saturated rings. The molecule has 1 atom stereocenters. The molecule has 1 aromatic carbocycles. The highest BCUT2D eigenvalue weighted by Crippen LogP contribution is 2.25. The number of rotatable bonds is 4. The summed E-state index contributed by atoms with van der Waals surface area (Å²) >= 11 is 5.55. The largest absolute Gasteiger partial charge is 0.355 e. The van der Waals surface area contributed by atoms with Gasteiger partial charge in [-0.25, -0.2) is 0 Å². The van der Waals surface area contributed by atoms with Crippen LogP contribution in [0.2, 0.25) is 0 Å². The molecule has 0 radical (unpaired) electrons. The van der Waals surface area contributed by atoms with Gasteiger partial charge in [-0.3, -0.25) is 4.99 Å². The van der Waals surface area contributed by atoms with Gasteiger partial charge in [0.15, 0.2) is 5.96 Å². The van der Waals surface area contributed by atoms with Gasteiger partial charge in [0.1, 0.15) is 0 Å². The Morgan fingerprint density at radius 1 is 1.45 bits per heavy atom. The Bertz CT molecular complexity index is 436. The number of aliphatic imine (C=N–C) groups is 1. The van der Waals surface area contributed by atoms with Crippen LogP contribution in [-0.4, -0.2) is 30.6 Å². The number of hydrogen-bond acceptors (Lipinski definition) is 2. The minimum Gasteiger partial charge on any atom is -0.355 e. The SMILES string of the molecule is CN=C(NCc1cccc(Br)c1)NCC1CCCS1.I. The van der Waals surface area contributed by atoms with E-state index in [2.05, 4.69) is 55.5 Å². The average molecular weight is 470 g/mol. The van der Waals surface area contributed by atoms with Crippen molar-refractivity contribution in [2.45, 2.75) is 24.6 Å². The number of thioether (sulfide) groups is 1. The lowest BCUT2D eigenvalue weighted by Crippen LogP contribution is -2.39. The topological polar surface area (TPSA) is 36.4 Å². The molecule has 2 rings (SSSR count). The fraction of sp³-hybridized carbons (Fsp3) is 0.500. The second-order valence-corrected chi connectivity index (χ2v) is 6.90. The highest BCUT2D eigenvalue weighted by molar-refractivity contribution is 14.0. The number of nitrogens with one attached hydrogen (secondary N) is 2. The van der Waals surface area contributed by atoms with Crippen molar-refractivity contribution in [3.05, 3.63) is 34.3 Å². The second kappa shape index (κ2) is 9.89. The first kappa shape index (κ1) is 18.1. The first-order chi connectivity index (χ1) is 9.28. The van der Waals surface area contributed by atoms with E-state index in [0.29, 0.717) is 0 Å². The van der Waals surface area contributed by atoms with E-state index in [1.54, 1.807) is 0 Å². The maximum absolute atomic E-state index is 4.26. The quantitative estimate of drug-likeness (QED) is 0.401. The van der Waals surface area contributed by atoms with E-state index < -0.39 is 0 Å². The first-order valence-corrected chi connectivity index (χ1v) is 8.42. The maximum Gasteiger partial charge on any atom is 0.191 e. The minimum atomic E-state index is 0. The predicted octanol–water partition coefficient (Wildman–Crippen LogP) is 3.63. The van der Waals surface area contributed by atoms with Crippen molar-refractivity contribution >= 4 is 57.6 Å². The van der Waals surface area contributed by atoms with Gasteiger partial charge in [0, 0.05) is 29.9 Å². The molecule has 1 aliphatic rings. The van der Waals surface area contributed by atoms with E-state index in [1.165, 1.54) is 24.2 Å². The molecule has 0 amide bonds. The van der Waals surface area contributed by atoms with E-state index in [1.807, 2.05) is 19.2 Å². The third-order valence-corrected chi connectivity index (χ3v) is 4.99. The van der Waals surface area contributed by atoms with Gasteiger partial charge in [-0.2, -0.15) is 11.8 Å². The number of halogens is 2. The van der Waals surface area contributed by atoms with Crippen LogP contribution in [0, 0.1) is 0 Å². The summed E-state index contributed by atoms with van der Waals surface area (Å²) in [7, 11) is 1.82. The summed E-state index contributed by atoms with van der Waals surface area (Å²) in [6.45, 7) is 1.79. The lowest BCUT2D eigenvalue weighted by atomic mass is 10.2. The molecule has 0 spiro atoms. The van der Waals surface area contributed by atoms with Crippen LogP contribution >= 0.6 is 51.7 Å². The van der Waals surface area contributed by atoms with E-state index in [9.17, 15) is 0 Å². The van der Waals surface area contributed by atoms with Crippen molar-refractivity contribution < 1.29 is 0 Å². The Morgan fingerprint density at radius 3 is 2.95 bits per heavy atom. The molecule has 0 bridgehead atoms. The van der Waals surface area contributed by atoms with Gasteiger partial charge in [-0.15, -0.1) is 24.0 Å². The van der Waals surface area contributed by atoms with Crippen LogP contribution in [0.15, 0.2) is 33.7 Å². The summed E-state index contributed by atoms with van der Waals surface area (Å²) in [6.07, 6.45) is 2.67. The van der Waals surface area contributed by atoms with Crippen LogP contribution in [0.25, 0.3) is 0 Å². The zero-order valence-corrected chi connectivity index (χ0v) is 16.3. The summed E-state index contributed by atoms with van der Waals surface area (Å²) in [4.78, 5) is 4.26. The van der Waals surface area contributed by atoms with Crippen molar-refractivity contribution in [2.75, 3.05) is 19.3 Å². The normalized spacial score (nSPS) is 18.5. The molecule has 0 saturated carbocycles. The van der Waals surface area contributed by atoms with Crippen LogP contribution in [0.5, 0.6) is 0 Å². The number of nitrogens with zero attached hydrogens (tertiary/aromatic N) is 1. The number of hydrogen-bond donors (Lipinski definition) is 2. The van der Waals surface area contributed by atoms with Crippen LogP contribution < -0.4 is 10.6 Å². The predicted molar refractivity (Wildman–Crippen MR) is 103 cm³/mol. The summed E-state index contributed by atoms with van der Waals surface area (Å²) in [6, 6.07) is 8.31. The maximum atomic E-state index is 4.26. The average Bonchev–Trinajstić information content (AvgIpc) is 2.92. The van der Waals surface area contributed by atoms with Crippen molar-refractivity contribution in [1.29, 1.82) is 0 Å². The highest BCUT2D eigenvalue weighted by atomic mass is 127. The van der Waals surface area contributed by atoms with Crippen molar-refractivity contribution in [3.8, 4) is 0 Å². The molecule has 0 aliphatic carbocycles. The third-order valence-electron chi connectivity index (χ3n) is 3.09. The Kier molecular flexibility index (Phi) is 8.95. The Hall–Kier alpha value is 0.0500. The molecule has 1 heterocycles.